The number of azo groups is 1. The average molecular weight is 288 g/mol. The zero-order valence-corrected chi connectivity index (χ0v) is 13.4. The summed E-state index contributed by atoms with van der Waals surface area (Å²) in [6.07, 6.45) is 0. The quantitative estimate of drug-likeness (QED) is 0.598. The Bertz CT molecular complexity index is 541. The van der Waals surface area contributed by atoms with E-state index in [1.165, 1.54) is 12.1 Å². The van der Waals surface area contributed by atoms with Crippen molar-refractivity contribution in [2.75, 3.05) is 0 Å². The van der Waals surface area contributed by atoms with Gasteiger partial charge in [0.15, 0.2) is 0 Å². The van der Waals surface area contributed by atoms with Gasteiger partial charge in [-0.1, -0.05) is 30.3 Å². The Morgan fingerprint density at radius 3 is 1.63 bits per heavy atom. The number of benzene rings is 2. The first-order chi connectivity index (χ1) is 8.55. The van der Waals surface area contributed by atoms with Gasteiger partial charge in [-0.25, -0.2) is 0 Å². The van der Waals surface area contributed by atoms with Crippen LogP contribution in [0.4, 0.5) is 24.3 Å². The Morgan fingerprint density at radius 2 is 1.16 bits per heavy atom. The van der Waals surface area contributed by atoms with Crippen LogP contribution in [0.25, 0.3) is 0 Å². The number of halogens is 3. The van der Waals surface area contributed by atoms with Crippen LogP contribution in [-0.4, -0.2) is 6.98 Å². The van der Waals surface area contributed by atoms with E-state index < -0.39 is 12.4 Å². The molecular formula is C12H9BF3KN2. The normalized spacial score (nSPS) is 11.3. The monoisotopic (exact) mass is 288 g/mol. The molecule has 0 unspecified atom stereocenters. The standard InChI is InChI=1S/C12H9BF3N2.K/c14-13(15,16)10-6-8-12(9-7-10)18-17-11-4-2-1-3-5-11;/h1-9H;/q-1;+1. The van der Waals surface area contributed by atoms with Gasteiger partial charge >= 0.3 is 58.4 Å². The molecule has 2 nitrogen and oxygen atoms in total. The summed E-state index contributed by atoms with van der Waals surface area (Å²) in [5, 5.41) is 7.78. The zero-order valence-electron chi connectivity index (χ0n) is 10.3. The van der Waals surface area contributed by atoms with Crippen molar-refractivity contribution in [3.63, 3.8) is 0 Å². The molecule has 0 radical (unpaired) electrons. The molecule has 2 aromatic carbocycles. The number of nitrogens with zero attached hydrogens (tertiary/aromatic N) is 2. The number of hydrogen-bond acceptors (Lipinski definition) is 2. The predicted octanol–water partition coefficient (Wildman–Crippen LogP) is 1.16. The molecule has 19 heavy (non-hydrogen) atoms. The van der Waals surface area contributed by atoms with Gasteiger partial charge in [0.25, 0.3) is 0 Å². The Labute approximate surface area is 151 Å². The van der Waals surface area contributed by atoms with Gasteiger partial charge in [-0.2, -0.15) is 10.2 Å². The third-order valence-corrected chi connectivity index (χ3v) is 2.31. The fourth-order valence-electron chi connectivity index (χ4n) is 1.37. The first-order valence-corrected chi connectivity index (χ1v) is 5.32. The fraction of sp³-hybridized carbons (Fsp3) is 0. The summed E-state index contributed by atoms with van der Waals surface area (Å²) in [5.74, 6) is 0. The summed E-state index contributed by atoms with van der Waals surface area (Å²) in [7, 11) is 0. The van der Waals surface area contributed by atoms with Gasteiger partial charge in [0.1, 0.15) is 0 Å². The van der Waals surface area contributed by atoms with Crippen molar-refractivity contribution in [1.29, 1.82) is 0 Å². The van der Waals surface area contributed by atoms with Crippen molar-refractivity contribution >= 4 is 23.8 Å². The molecule has 0 fully saturated rings. The van der Waals surface area contributed by atoms with Crippen LogP contribution in [0.3, 0.4) is 0 Å². The van der Waals surface area contributed by atoms with E-state index in [-0.39, 0.29) is 51.4 Å². The molecule has 0 spiro atoms. The zero-order chi connectivity index (χ0) is 13.0. The van der Waals surface area contributed by atoms with E-state index in [9.17, 15) is 12.9 Å². The minimum atomic E-state index is -4.95. The van der Waals surface area contributed by atoms with E-state index in [2.05, 4.69) is 10.2 Å². The van der Waals surface area contributed by atoms with E-state index in [0.717, 1.165) is 12.1 Å². The molecule has 7 heteroatoms. The van der Waals surface area contributed by atoms with E-state index >= 15 is 0 Å². The van der Waals surface area contributed by atoms with Crippen molar-refractivity contribution < 1.29 is 64.3 Å². The molecule has 0 amide bonds. The Morgan fingerprint density at radius 1 is 0.684 bits per heavy atom. The van der Waals surface area contributed by atoms with Gasteiger partial charge in [-0.05, 0) is 24.3 Å². The van der Waals surface area contributed by atoms with Gasteiger partial charge < -0.3 is 12.9 Å². The van der Waals surface area contributed by atoms with Crippen LogP contribution in [0.5, 0.6) is 0 Å². The van der Waals surface area contributed by atoms with Crippen molar-refractivity contribution in [2.45, 2.75) is 0 Å². The van der Waals surface area contributed by atoms with Crippen LogP contribution in [0, 0.1) is 0 Å². The molecule has 0 aromatic heterocycles. The van der Waals surface area contributed by atoms with Crippen LogP contribution in [0.1, 0.15) is 0 Å². The van der Waals surface area contributed by atoms with Crippen LogP contribution < -0.4 is 56.8 Å². The topological polar surface area (TPSA) is 24.7 Å². The Kier molecular flexibility index (Phi) is 6.42. The summed E-state index contributed by atoms with van der Waals surface area (Å²) in [5.41, 5.74) is 0.415. The van der Waals surface area contributed by atoms with Gasteiger partial charge in [0, 0.05) is 0 Å². The molecule has 92 valence electrons. The molecule has 2 rings (SSSR count). The smallest absolute Gasteiger partial charge is 0.445 e. The molecule has 2 aromatic rings. The number of hydrogen-bond donors (Lipinski definition) is 0. The first-order valence-electron chi connectivity index (χ1n) is 5.32. The van der Waals surface area contributed by atoms with E-state index in [1.54, 1.807) is 12.1 Å². The van der Waals surface area contributed by atoms with Gasteiger partial charge in [-0.3, -0.25) is 0 Å². The van der Waals surface area contributed by atoms with Crippen molar-refractivity contribution in [1.82, 2.24) is 0 Å². The van der Waals surface area contributed by atoms with Crippen LogP contribution in [-0.2, 0) is 0 Å². The molecule has 0 N–H and O–H groups in total. The van der Waals surface area contributed by atoms with Crippen LogP contribution in [0.15, 0.2) is 64.8 Å². The second kappa shape index (κ2) is 7.35. The third kappa shape index (κ3) is 5.20. The molecule has 0 aliphatic heterocycles. The largest absolute Gasteiger partial charge is 1.00 e. The minimum absolute atomic E-state index is 0. The molecule has 0 atom stereocenters. The third-order valence-electron chi connectivity index (χ3n) is 2.31. The maximum absolute atomic E-state index is 12.4. The molecule has 0 heterocycles. The maximum atomic E-state index is 12.4. The average Bonchev–Trinajstić information content (AvgIpc) is 2.37. The summed E-state index contributed by atoms with van der Waals surface area (Å²) < 4.78 is 37.1. The molecule has 0 aliphatic carbocycles. The summed E-state index contributed by atoms with van der Waals surface area (Å²) in [4.78, 5) is 0. The molecule has 0 saturated heterocycles. The Hall–Kier alpha value is -0.469. The second-order valence-corrected chi connectivity index (χ2v) is 3.70. The second-order valence-electron chi connectivity index (χ2n) is 3.70. The van der Waals surface area contributed by atoms with Crippen molar-refractivity contribution in [3.8, 4) is 0 Å². The van der Waals surface area contributed by atoms with Gasteiger partial charge in [0.2, 0.25) is 0 Å². The molecule has 0 bridgehead atoms. The minimum Gasteiger partial charge on any atom is -0.445 e. The van der Waals surface area contributed by atoms with Gasteiger partial charge in [-0.15, -0.1) is 5.46 Å². The van der Waals surface area contributed by atoms with E-state index in [1.807, 2.05) is 18.2 Å². The number of rotatable bonds is 3. The van der Waals surface area contributed by atoms with Crippen LogP contribution in [0.2, 0.25) is 0 Å². The fourth-order valence-corrected chi connectivity index (χ4v) is 1.37. The van der Waals surface area contributed by atoms with E-state index in [0.29, 0.717) is 11.4 Å². The maximum Gasteiger partial charge on any atom is 1.00 e. The Balaban J connectivity index is 0.00000180. The summed E-state index contributed by atoms with van der Waals surface area (Å²) >= 11 is 0. The summed E-state index contributed by atoms with van der Waals surface area (Å²) in [6, 6.07) is 13.6. The first kappa shape index (κ1) is 16.6. The molecular weight excluding hydrogens is 279 g/mol. The van der Waals surface area contributed by atoms with Crippen molar-refractivity contribution in [3.05, 3.63) is 54.6 Å². The summed E-state index contributed by atoms with van der Waals surface area (Å²) in [6.45, 7) is -4.95. The van der Waals surface area contributed by atoms with E-state index in [4.69, 9.17) is 0 Å². The molecule has 0 saturated carbocycles. The SMILES string of the molecule is F[B-](F)(F)c1ccc(N=Nc2ccccc2)cc1.[K+]. The predicted molar refractivity (Wildman–Crippen MR) is 65.8 cm³/mol. The van der Waals surface area contributed by atoms with Crippen molar-refractivity contribution in [2.24, 2.45) is 10.2 Å². The van der Waals surface area contributed by atoms with Gasteiger partial charge in [0.05, 0.1) is 11.4 Å². The van der Waals surface area contributed by atoms with Crippen LogP contribution >= 0.6 is 0 Å². The molecule has 0 aliphatic rings.